The number of ether oxygens (including phenoxy) is 1. The summed E-state index contributed by atoms with van der Waals surface area (Å²) in [4.78, 5) is 19.0. The van der Waals surface area contributed by atoms with Crippen LogP contribution in [0.4, 0.5) is 11.4 Å². The fourth-order valence-electron chi connectivity index (χ4n) is 3.38. The van der Waals surface area contributed by atoms with Gasteiger partial charge in [-0.2, -0.15) is 0 Å². The predicted octanol–water partition coefficient (Wildman–Crippen LogP) is 3.86. The molecule has 0 saturated carbocycles. The molecule has 6 nitrogen and oxygen atoms in total. The number of fused-ring (bicyclic) bond motifs is 2. The molecule has 0 aliphatic carbocycles. The number of rotatable bonds is 2. The lowest BCUT2D eigenvalue weighted by Gasteiger charge is -2.31. The van der Waals surface area contributed by atoms with E-state index < -0.39 is 0 Å². The number of nitrogens with zero attached hydrogens (tertiary/aromatic N) is 4. The van der Waals surface area contributed by atoms with E-state index >= 15 is 0 Å². The Morgan fingerprint density at radius 1 is 1.08 bits per heavy atom. The van der Waals surface area contributed by atoms with Crippen LogP contribution in [0.15, 0.2) is 55.0 Å². The SMILES string of the molecule is Cc1cccc(-c2cc3c(cn2)OCCN3c2ccnc3[nH]ccc23)n1. The van der Waals surface area contributed by atoms with Crippen molar-refractivity contribution in [2.45, 2.75) is 6.92 Å². The van der Waals surface area contributed by atoms with Crippen molar-refractivity contribution >= 4 is 22.4 Å². The molecule has 0 atom stereocenters. The summed E-state index contributed by atoms with van der Waals surface area (Å²) in [6, 6.07) is 12.1. The minimum absolute atomic E-state index is 0.616. The molecule has 0 aromatic carbocycles. The maximum absolute atomic E-state index is 5.84. The van der Waals surface area contributed by atoms with E-state index in [2.05, 4.69) is 37.0 Å². The molecule has 5 rings (SSSR count). The maximum Gasteiger partial charge on any atom is 0.161 e. The fourth-order valence-corrected chi connectivity index (χ4v) is 3.38. The van der Waals surface area contributed by atoms with E-state index in [-0.39, 0.29) is 0 Å². The number of nitrogens with one attached hydrogen (secondary N) is 1. The second-order valence-electron chi connectivity index (χ2n) is 6.27. The summed E-state index contributed by atoms with van der Waals surface area (Å²) in [5.41, 5.74) is 5.65. The van der Waals surface area contributed by atoms with E-state index in [1.165, 1.54) is 0 Å². The molecular formula is C20H17N5O. The van der Waals surface area contributed by atoms with Crippen LogP contribution in [0.1, 0.15) is 5.69 Å². The molecule has 4 aromatic rings. The number of H-pyrrole nitrogens is 1. The van der Waals surface area contributed by atoms with Gasteiger partial charge in [-0.25, -0.2) is 4.98 Å². The molecule has 1 aliphatic heterocycles. The van der Waals surface area contributed by atoms with E-state index in [4.69, 9.17) is 4.74 Å². The molecule has 0 amide bonds. The highest BCUT2D eigenvalue weighted by Crippen LogP contribution is 2.40. The monoisotopic (exact) mass is 343 g/mol. The van der Waals surface area contributed by atoms with Crippen LogP contribution in [0.2, 0.25) is 0 Å². The summed E-state index contributed by atoms with van der Waals surface area (Å²) < 4.78 is 5.84. The normalized spacial score (nSPS) is 13.5. The first kappa shape index (κ1) is 14.9. The van der Waals surface area contributed by atoms with Gasteiger partial charge in [-0.05, 0) is 37.3 Å². The van der Waals surface area contributed by atoms with Crippen molar-refractivity contribution in [3.63, 3.8) is 0 Å². The van der Waals surface area contributed by atoms with Gasteiger partial charge in [0.25, 0.3) is 0 Å². The van der Waals surface area contributed by atoms with E-state index in [1.807, 2.05) is 43.6 Å². The van der Waals surface area contributed by atoms with Crippen molar-refractivity contribution in [1.82, 2.24) is 19.9 Å². The molecule has 0 spiro atoms. The number of anilines is 2. The Kier molecular flexibility index (Phi) is 3.35. The van der Waals surface area contributed by atoms with Gasteiger partial charge in [0.2, 0.25) is 0 Å². The number of hydrogen-bond acceptors (Lipinski definition) is 5. The molecule has 6 heteroatoms. The van der Waals surface area contributed by atoms with Crippen molar-refractivity contribution in [2.24, 2.45) is 0 Å². The van der Waals surface area contributed by atoms with Crippen LogP contribution in [0, 0.1) is 6.92 Å². The van der Waals surface area contributed by atoms with Gasteiger partial charge >= 0.3 is 0 Å². The number of pyridine rings is 3. The summed E-state index contributed by atoms with van der Waals surface area (Å²) in [7, 11) is 0. The van der Waals surface area contributed by atoms with Crippen LogP contribution < -0.4 is 9.64 Å². The third kappa shape index (κ3) is 2.38. The quantitative estimate of drug-likeness (QED) is 0.599. The lowest BCUT2D eigenvalue weighted by molar-refractivity contribution is 0.313. The zero-order chi connectivity index (χ0) is 17.5. The molecule has 0 fully saturated rings. The fraction of sp³-hybridized carbons (Fsp3) is 0.150. The Morgan fingerprint density at radius 3 is 2.96 bits per heavy atom. The van der Waals surface area contributed by atoms with Gasteiger partial charge in [0, 0.05) is 23.5 Å². The Morgan fingerprint density at radius 2 is 2.04 bits per heavy atom. The zero-order valence-corrected chi connectivity index (χ0v) is 14.3. The topological polar surface area (TPSA) is 66.9 Å². The van der Waals surface area contributed by atoms with Gasteiger partial charge in [0.05, 0.1) is 35.5 Å². The van der Waals surface area contributed by atoms with Crippen LogP contribution >= 0.6 is 0 Å². The molecule has 1 aliphatic rings. The van der Waals surface area contributed by atoms with Crippen molar-refractivity contribution in [3.05, 3.63) is 60.7 Å². The van der Waals surface area contributed by atoms with Gasteiger partial charge in [0.1, 0.15) is 12.3 Å². The predicted molar refractivity (Wildman–Crippen MR) is 101 cm³/mol. The number of aryl methyl sites for hydroxylation is 1. The van der Waals surface area contributed by atoms with Gasteiger partial charge in [-0.3, -0.25) is 9.97 Å². The molecule has 5 heterocycles. The lowest BCUT2D eigenvalue weighted by Crippen LogP contribution is -2.29. The Hall–Kier alpha value is -3.41. The Bertz CT molecular complexity index is 1100. The molecule has 0 bridgehead atoms. The minimum atomic E-state index is 0.616. The molecule has 26 heavy (non-hydrogen) atoms. The zero-order valence-electron chi connectivity index (χ0n) is 14.3. The first-order valence-electron chi connectivity index (χ1n) is 8.56. The van der Waals surface area contributed by atoms with Crippen molar-refractivity contribution < 1.29 is 4.74 Å². The minimum Gasteiger partial charge on any atom is -0.488 e. The van der Waals surface area contributed by atoms with Crippen molar-refractivity contribution in [1.29, 1.82) is 0 Å². The summed E-state index contributed by atoms with van der Waals surface area (Å²) >= 11 is 0. The molecule has 4 aromatic heterocycles. The second kappa shape index (κ2) is 5.84. The van der Waals surface area contributed by atoms with E-state index in [0.717, 1.165) is 51.8 Å². The smallest absolute Gasteiger partial charge is 0.161 e. The van der Waals surface area contributed by atoms with Gasteiger partial charge in [-0.1, -0.05) is 6.07 Å². The molecular weight excluding hydrogens is 326 g/mol. The number of aromatic nitrogens is 4. The van der Waals surface area contributed by atoms with Crippen LogP contribution in [0.3, 0.4) is 0 Å². The van der Waals surface area contributed by atoms with Crippen LogP contribution in [-0.2, 0) is 0 Å². The number of aromatic amines is 1. The molecule has 0 saturated heterocycles. The van der Waals surface area contributed by atoms with Crippen molar-refractivity contribution in [3.8, 4) is 17.1 Å². The highest BCUT2D eigenvalue weighted by Gasteiger charge is 2.23. The summed E-state index contributed by atoms with van der Waals surface area (Å²) in [6.45, 7) is 3.36. The molecule has 1 N–H and O–H groups in total. The molecule has 0 radical (unpaired) electrons. The first-order valence-corrected chi connectivity index (χ1v) is 8.56. The van der Waals surface area contributed by atoms with Gasteiger partial charge in [0.15, 0.2) is 5.75 Å². The Labute approximate surface area is 150 Å². The third-order valence-corrected chi connectivity index (χ3v) is 4.59. The average molecular weight is 343 g/mol. The van der Waals surface area contributed by atoms with Crippen LogP contribution in [-0.4, -0.2) is 33.1 Å². The first-order chi connectivity index (χ1) is 12.8. The second-order valence-corrected chi connectivity index (χ2v) is 6.27. The maximum atomic E-state index is 5.84. The van der Waals surface area contributed by atoms with E-state index in [0.29, 0.717) is 6.61 Å². The largest absolute Gasteiger partial charge is 0.488 e. The standard InChI is InChI=1S/C20H17N5O/c1-13-3-2-4-15(24-13)16-11-18-19(12-23-16)26-10-9-25(18)17-6-8-22-20-14(17)5-7-21-20/h2-8,11-12H,9-10H2,1H3,(H,21,22). The van der Waals surface area contributed by atoms with E-state index in [9.17, 15) is 0 Å². The third-order valence-electron chi connectivity index (χ3n) is 4.59. The van der Waals surface area contributed by atoms with Gasteiger partial charge < -0.3 is 14.6 Å². The summed E-state index contributed by atoms with van der Waals surface area (Å²) in [5, 5.41) is 1.09. The van der Waals surface area contributed by atoms with E-state index in [1.54, 1.807) is 6.20 Å². The van der Waals surface area contributed by atoms with Crippen LogP contribution in [0.25, 0.3) is 22.4 Å². The highest BCUT2D eigenvalue weighted by atomic mass is 16.5. The lowest BCUT2D eigenvalue weighted by atomic mass is 10.1. The molecule has 0 unspecified atom stereocenters. The summed E-state index contributed by atoms with van der Waals surface area (Å²) in [5.74, 6) is 0.785. The van der Waals surface area contributed by atoms with Crippen LogP contribution in [0.5, 0.6) is 5.75 Å². The average Bonchev–Trinajstić information content (AvgIpc) is 3.16. The van der Waals surface area contributed by atoms with Crippen molar-refractivity contribution in [2.75, 3.05) is 18.1 Å². The highest BCUT2D eigenvalue weighted by molar-refractivity contribution is 5.93. The van der Waals surface area contributed by atoms with Gasteiger partial charge in [-0.15, -0.1) is 0 Å². The summed E-state index contributed by atoms with van der Waals surface area (Å²) in [6.07, 6.45) is 5.53. The Balaban J connectivity index is 1.66. The number of hydrogen-bond donors (Lipinski definition) is 1. The molecule has 128 valence electrons.